The number of ether oxygens (including phenoxy) is 1. The summed E-state index contributed by atoms with van der Waals surface area (Å²) in [5.41, 5.74) is 7.41. The van der Waals surface area contributed by atoms with Crippen LogP contribution in [0.1, 0.15) is 11.5 Å². The molecule has 2 N–H and O–H groups in total. The predicted molar refractivity (Wildman–Crippen MR) is 70.5 cm³/mol. The topological polar surface area (TPSA) is 91.2 Å². The minimum Gasteiger partial charge on any atom is -0.377 e. The molecule has 0 aliphatic carbocycles. The largest absolute Gasteiger partial charge is 0.377 e. The normalized spacial score (nSPS) is 11.3. The van der Waals surface area contributed by atoms with E-state index in [1.54, 1.807) is 17.8 Å². The second kappa shape index (κ2) is 5.00. The quantitative estimate of drug-likeness (QED) is 0.759. The molecule has 0 aromatic carbocycles. The van der Waals surface area contributed by atoms with Gasteiger partial charge < -0.3 is 10.5 Å². The maximum Gasteiger partial charge on any atom is 0.235 e. The highest BCUT2D eigenvalue weighted by Gasteiger charge is 2.12. The lowest BCUT2D eigenvalue weighted by Gasteiger charge is -1.98. The third-order valence-electron chi connectivity index (χ3n) is 2.60. The number of rotatable bonds is 4. The van der Waals surface area contributed by atoms with Crippen molar-refractivity contribution < 1.29 is 4.74 Å². The van der Waals surface area contributed by atoms with E-state index in [0.29, 0.717) is 19.0 Å². The zero-order valence-corrected chi connectivity index (χ0v) is 11.1. The molecule has 0 amide bonds. The fourth-order valence-electron chi connectivity index (χ4n) is 1.72. The second-order valence-electron chi connectivity index (χ2n) is 3.89. The Morgan fingerprint density at radius 1 is 1.42 bits per heavy atom. The van der Waals surface area contributed by atoms with Gasteiger partial charge >= 0.3 is 0 Å². The molecule has 0 aliphatic heterocycles. The molecule has 3 aromatic rings. The van der Waals surface area contributed by atoms with Gasteiger partial charge in [-0.15, -0.1) is 10.2 Å². The summed E-state index contributed by atoms with van der Waals surface area (Å²) in [4.78, 5) is 4.91. The zero-order valence-electron chi connectivity index (χ0n) is 10.3. The summed E-state index contributed by atoms with van der Waals surface area (Å²) < 4.78 is 6.76. The Balaban J connectivity index is 2.04. The fourth-order valence-corrected chi connectivity index (χ4v) is 2.57. The molecule has 0 unspecified atom stereocenters. The number of aromatic nitrogens is 5. The monoisotopic (exact) mass is 276 g/mol. The molecule has 0 atom stereocenters. The summed E-state index contributed by atoms with van der Waals surface area (Å²) in [6.45, 7) is 0.793. The second-order valence-corrected chi connectivity index (χ2v) is 4.85. The van der Waals surface area contributed by atoms with E-state index in [9.17, 15) is 0 Å². The molecule has 19 heavy (non-hydrogen) atoms. The molecular formula is C11H12N6OS. The van der Waals surface area contributed by atoms with Crippen molar-refractivity contribution >= 4 is 16.3 Å². The van der Waals surface area contributed by atoms with Gasteiger partial charge in [0, 0.05) is 25.4 Å². The van der Waals surface area contributed by atoms with Gasteiger partial charge in [-0.2, -0.15) is 9.61 Å². The first-order valence-electron chi connectivity index (χ1n) is 5.67. The fraction of sp³-hybridized carbons (Fsp3) is 0.273. The third kappa shape index (κ3) is 2.21. The van der Waals surface area contributed by atoms with Crippen molar-refractivity contribution in [1.82, 2.24) is 24.8 Å². The molecule has 3 rings (SSSR count). The molecule has 0 spiro atoms. The van der Waals surface area contributed by atoms with Crippen LogP contribution in [-0.2, 0) is 17.9 Å². The van der Waals surface area contributed by atoms with Gasteiger partial charge in [0.2, 0.25) is 4.96 Å². The molecule has 3 aromatic heterocycles. The van der Waals surface area contributed by atoms with E-state index in [0.717, 1.165) is 21.2 Å². The lowest BCUT2D eigenvalue weighted by Crippen LogP contribution is -1.99. The SMILES string of the molecule is COCc1nnc2sc(-c3ccnc(CN)c3)nn12. The molecule has 0 fully saturated rings. The Bertz CT molecular complexity index is 706. The lowest BCUT2D eigenvalue weighted by atomic mass is 10.2. The van der Waals surface area contributed by atoms with Gasteiger partial charge in [-0.3, -0.25) is 4.98 Å². The number of hydrogen-bond donors (Lipinski definition) is 1. The average Bonchev–Trinajstić information content (AvgIpc) is 3.01. The van der Waals surface area contributed by atoms with Gasteiger partial charge in [-0.25, -0.2) is 0 Å². The van der Waals surface area contributed by atoms with Gasteiger partial charge in [0.15, 0.2) is 5.82 Å². The predicted octanol–water partition coefficient (Wildman–Crippen LogP) is 0.853. The molecule has 7 nitrogen and oxygen atoms in total. The van der Waals surface area contributed by atoms with Crippen LogP contribution in [0.2, 0.25) is 0 Å². The summed E-state index contributed by atoms with van der Waals surface area (Å²) in [5.74, 6) is 0.688. The highest BCUT2D eigenvalue weighted by atomic mass is 32.1. The third-order valence-corrected chi connectivity index (χ3v) is 3.55. The summed E-state index contributed by atoms with van der Waals surface area (Å²) in [6, 6.07) is 3.84. The van der Waals surface area contributed by atoms with Crippen molar-refractivity contribution in [2.75, 3.05) is 7.11 Å². The van der Waals surface area contributed by atoms with Gasteiger partial charge in [0.25, 0.3) is 0 Å². The number of hydrogen-bond acceptors (Lipinski definition) is 7. The van der Waals surface area contributed by atoms with Crippen LogP contribution in [0.25, 0.3) is 15.5 Å². The van der Waals surface area contributed by atoms with Crippen molar-refractivity contribution in [3.8, 4) is 10.6 Å². The van der Waals surface area contributed by atoms with E-state index in [2.05, 4.69) is 20.3 Å². The van der Waals surface area contributed by atoms with Crippen molar-refractivity contribution in [3.05, 3.63) is 29.8 Å². The van der Waals surface area contributed by atoms with Crippen LogP contribution in [0.3, 0.4) is 0 Å². The Labute approximate surface area is 113 Å². The van der Waals surface area contributed by atoms with Crippen LogP contribution in [0.5, 0.6) is 0 Å². The lowest BCUT2D eigenvalue weighted by molar-refractivity contribution is 0.176. The Morgan fingerprint density at radius 2 is 2.32 bits per heavy atom. The Hall–Kier alpha value is -1.90. The Kier molecular flexibility index (Phi) is 3.20. The van der Waals surface area contributed by atoms with Gasteiger partial charge in [0.05, 0.1) is 5.69 Å². The van der Waals surface area contributed by atoms with Gasteiger partial charge in [-0.05, 0) is 12.1 Å². The number of nitrogens with zero attached hydrogens (tertiary/aromatic N) is 5. The van der Waals surface area contributed by atoms with Gasteiger partial charge in [0.1, 0.15) is 11.6 Å². The molecule has 0 saturated heterocycles. The van der Waals surface area contributed by atoms with Crippen LogP contribution >= 0.6 is 11.3 Å². The smallest absolute Gasteiger partial charge is 0.235 e. The van der Waals surface area contributed by atoms with E-state index in [-0.39, 0.29) is 0 Å². The number of methoxy groups -OCH3 is 1. The number of nitrogens with two attached hydrogens (primary N) is 1. The van der Waals surface area contributed by atoms with Crippen LogP contribution in [-0.4, -0.2) is 31.9 Å². The zero-order chi connectivity index (χ0) is 13.2. The highest BCUT2D eigenvalue weighted by molar-refractivity contribution is 7.19. The van der Waals surface area contributed by atoms with Crippen molar-refractivity contribution in [1.29, 1.82) is 0 Å². The molecule has 0 saturated carbocycles. The molecule has 8 heteroatoms. The minimum atomic E-state index is 0.384. The van der Waals surface area contributed by atoms with E-state index in [1.807, 2.05) is 12.1 Å². The van der Waals surface area contributed by atoms with Crippen LogP contribution in [0.15, 0.2) is 18.3 Å². The Morgan fingerprint density at radius 3 is 3.11 bits per heavy atom. The van der Waals surface area contributed by atoms with Crippen LogP contribution in [0, 0.1) is 0 Å². The maximum atomic E-state index is 5.59. The van der Waals surface area contributed by atoms with E-state index < -0.39 is 0 Å². The molecule has 0 bridgehead atoms. The van der Waals surface area contributed by atoms with E-state index in [4.69, 9.17) is 10.5 Å². The molecule has 98 valence electrons. The van der Waals surface area contributed by atoms with E-state index in [1.165, 1.54) is 11.3 Å². The number of pyridine rings is 1. The van der Waals surface area contributed by atoms with Crippen molar-refractivity contribution in [3.63, 3.8) is 0 Å². The van der Waals surface area contributed by atoms with Crippen molar-refractivity contribution in [2.45, 2.75) is 13.2 Å². The molecule has 0 aliphatic rings. The molecular weight excluding hydrogens is 264 g/mol. The highest BCUT2D eigenvalue weighted by Crippen LogP contribution is 2.25. The first-order chi connectivity index (χ1) is 9.31. The minimum absolute atomic E-state index is 0.384. The maximum absolute atomic E-state index is 5.59. The summed E-state index contributed by atoms with van der Waals surface area (Å²) in [6.07, 6.45) is 1.73. The molecule has 3 heterocycles. The van der Waals surface area contributed by atoms with Crippen LogP contribution in [0.4, 0.5) is 0 Å². The number of fused-ring (bicyclic) bond motifs is 1. The van der Waals surface area contributed by atoms with Crippen molar-refractivity contribution in [2.24, 2.45) is 5.73 Å². The molecule has 0 radical (unpaired) electrons. The average molecular weight is 276 g/mol. The first kappa shape index (κ1) is 12.2. The van der Waals surface area contributed by atoms with E-state index >= 15 is 0 Å². The summed E-state index contributed by atoms with van der Waals surface area (Å²) in [7, 11) is 1.62. The first-order valence-corrected chi connectivity index (χ1v) is 6.49. The van der Waals surface area contributed by atoms with Crippen LogP contribution < -0.4 is 5.73 Å². The summed E-state index contributed by atoms with van der Waals surface area (Å²) >= 11 is 1.47. The summed E-state index contributed by atoms with van der Waals surface area (Å²) in [5, 5.41) is 13.5. The van der Waals surface area contributed by atoms with Gasteiger partial charge in [-0.1, -0.05) is 11.3 Å². The standard InChI is InChI=1S/C11H12N6OS/c1-18-6-9-14-15-11-17(9)16-10(19-11)7-2-3-13-8(4-7)5-12/h2-4H,5-6,12H2,1H3.